The molecule has 0 radical (unpaired) electrons. The van der Waals surface area contributed by atoms with E-state index in [4.69, 9.17) is 0 Å². The Bertz CT molecular complexity index is 552. The molecule has 2 fully saturated rings. The van der Waals surface area contributed by atoms with Crippen molar-refractivity contribution in [1.29, 1.82) is 0 Å². The Kier molecular flexibility index (Phi) is 6.13. The van der Waals surface area contributed by atoms with Gasteiger partial charge in [0, 0.05) is 45.2 Å². The second-order valence-electron chi connectivity index (χ2n) is 8.10. The van der Waals surface area contributed by atoms with Crippen LogP contribution in [0.4, 0.5) is 0 Å². The fraction of sp³-hybridized carbons (Fsp3) is 0.667. The fourth-order valence-corrected chi connectivity index (χ4v) is 4.60. The lowest BCUT2D eigenvalue weighted by atomic mass is 9.78. The van der Waals surface area contributed by atoms with E-state index in [9.17, 15) is 9.90 Å². The molecular formula is C21H32N2O2. The number of likely N-dealkylation sites (tertiary alicyclic amines) is 2. The van der Waals surface area contributed by atoms with E-state index >= 15 is 0 Å². The molecular weight excluding hydrogens is 312 g/mol. The van der Waals surface area contributed by atoms with Gasteiger partial charge in [0.1, 0.15) is 0 Å². The maximum absolute atomic E-state index is 12.2. The van der Waals surface area contributed by atoms with Gasteiger partial charge in [-0.25, -0.2) is 0 Å². The summed E-state index contributed by atoms with van der Waals surface area (Å²) in [5.41, 5.74) is 1.34. The van der Waals surface area contributed by atoms with Gasteiger partial charge in [0.15, 0.2) is 0 Å². The van der Waals surface area contributed by atoms with Crippen molar-refractivity contribution in [2.24, 2.45) is 23.7 Å². The van der Waals surface area contributed by atoms with Gasteiger partial charge in [0.25, 0.3) is 0 Å². The molecule has 2 saturated heterocycles. The average Bonchev–Trinajstić information content (AvgIpc) is 3.05. The van der Waals surface area contributed by atoms with Gasteiger partial charge >= 0.3 is 0 Å². The molecule has 1 amide bonds. The Morgan fingerprint density at radius 3 is 2.44 bits per heavy atom. The van der Waals surface area contributed by atoms with Crippen molar-refractivity contribution >= 4 is 5.91 Å². The third-order valence-corrected chi connectivity index (χ3v) is 6.00. The predicted octanol–water partition coefficient (Wildman–Crippen LogP) is 2.62. The summed E-state index contributed by atoms with van der Waals surface area (Å²) < 4.78 is 0. The van der Waals surface area contributed by atoms with E-state index in [-0.39, 0.29) is 18.4 Å². The smallest absolute Gasteiger partial charge is 0.225 e. The number of aliphatic hydroxyl groups excluding tert-OH is 1. The molecule has 0 aromatic heterocycles. The van der Waals surface area contributed by atoms with Crippen LogP contribution in [0.5, 0.6) is 0 Å². The summed E-state index contributed by atoms with van der Waals surface area (Å²) in [4.78, 5) is 16.7. The molecule has 0 spiro atoms. The van der Waals surface area contributed by atoms with Gasteiger partial charge < -0.3 is 10.0 Å². The maximum atomic E-state index is 12.2. The van der Waals surface area contributed by atoms with Crippen LogP contribution in [0.2, 0.25) is 0 Å². The van der Waals surface area contributed by atoms with Crippen LogP contribution in [0, 0.1) is 23.7 Å². The van der Waals surface area contributed by atoms with Crippen molar-refractivity contribution in [3.8, 4) is 0 Å². The molecule has 1 aromatic rings. The number of nitrogens with zero attached hydrogens (tertiary/aromatic N) is 2. The number of carbonyl (C=O) groups excluding carboxylic acids is 1. The highest BCUT2D eigenvalue weighted by Gasteiger charge is 2.39. The monoisotopic (exact) mass is 344 g/mol. The number of piperidine rings is 1. The number of aliphatic hydroxyl groups is 1. The Hall–Kier alpha value is -1.39. The lowest BCUT2D eigenvalue weighted by molar-refractivity contribution is -0.136. The van der Waals surface area contributed by atoms with E-state index in [1.54, 1.807) is 0 Å². The van der Waals surface area contributed by atoms with Crippen molar-refractivity contribution in [2.75, 3.05) is 32.8 Å². The van der Waals surface area contributed by atoms with Gasteiger partial charge in [0.05, 0.1) is 0 Å². The minimum atomic E-state index is 0.0922. The van der Waals surface area contributed by atoms with Gasteiger partial charge in [0.2, 0.25) is 5.91 Å². The van der Waals surface area contributed by atoms with E-state index in [2.05, 4.69) is 35.2 Å². The van der Waals surface area contributed by atoms with E-state index in [0.29, 0.717) is 17.8 Å². The summed E-state index contributed by atoms with van der Waals surface area (Å²) in [6.45, 7) is 9.04. The van der Waals surface area contributed by atoms with Gasteiger partial charge in [-0.05, 0) is 36.2 Å². The zero-order valence-corrected chi connectivity index (χ0v) is 15.6. The molecule has 4 nitrogen and oxygen atoms in total. The standard InChI is InChI=1S/C21H32N2O2/c1-16(2)21(25)23-10-8-18(9-11-23)20-14-22(13-19(20)15-24)12-17-6-4-3-5-7-17/h3-7,16,18-20,24H,8-15H2,1-2H3. The summed E-state index contributed by atoms with van der Waals surface area (Å²) in [6.07, 6.45) is 2.16. The largest absolute Gasteiger partial charge is 0.396 e. The first-order chi connectivity index (χ1) is 12.1. The molecule has 4 heteroatoms. The van der Waals surface area contributed by atoms with Crippen molar-refractivity contribution in [2.45, 2.75) is 33.2 Å². The van der Waals surface area contributed by atoms with Crippen molar-refractivity contribution in [3.63, 3.8) is 0 Å². The minimum Gasteiger partial charge on any atom is -0.396 e. The number of carbonyl (C=O) groups is 1. The highest BCUT2D eigenvalue weighted by Crippen LogP contribution is 2.36. The van der Waals surface area contributed by atoms with E-state index in [1.165, 1.54) is 5.56 Å². The van der Waals surface area contributed by atoms with Crippen molar-refractivity contribution in [1.82, 2.24) is 9.80 Å². The molecule has 0 saturated carbocycles. The van der Waals surface area contributed by atoms with Crippen LogP contribution in [0.25, 0.3) is 0 Å². The van der Waals surface area contributed by atoms with E-state index < -0.39 is 0 Å². The molecule has 0 bridgehead atoms. The molecule has 2 aliphatic rings. The SMILES string of the molecule is CC(C)C(=O)N1CCC(C2CN(Cc3ccccc3)CC2CO)CC1. The molecule has 1 aromatic carbocycles. The fourth-order valence-electron chi connectivity index (χ4n) is 4.60. The maximum Gasteiger partial charge on any atom is 0.225 e. The Morgan fingerprint density at radius 2 is 1.84 bits per heavy atom. The van der Waals surface area contributed by atoms with E-state index in [0.717, 1.165) is 45.6 Å². The van der Waals surface area contributed by atoms with Crippen LogP contribution in [-0.4, -0.2) is 53.6 Å². The molecule has 0 aliphatic carbocycles. The van der Waals surface area contributed by atoms with Crippen LogP contribution in [-0.2, 0) is 11.3 Å². The summed E-state index contributed by atoms with van der Waals surface area (Å²) in [6, 6.07) is 10.6. The summed E-state index contributed by atoms with van der Waals surface area (Å²) in [7, 11) is 0. The van der Waals surface area contributed by atoms with Gasteiger partial charge in [-0.1, -0.05) is 44.2 Å². The van der Waals surface area contributed by atoms with Gasteiger partial charge in [-0.15, -0.1) is 0 Å². The average molecular weight is 344 g/mol. The molecule has 3 rings (SSSR count). The summed E-state index contributed by atoms with van der Waals surface area (Å²) in [5.74, 6) is 1.95. The molecule has 25 heavy (non-hydrogen) atoms. The number of amides is 1. The van der Waals surface area contributed by atoms with Crippen molar-refractivity contribution < 1.29 is 9.90 Å². The number of benzene rings is 1. The lowest BCUT2D eigenvalue weighted by Crippen LogP contribution is -2.43. The van der Waals surface area contributed by atoms with Crippen LogP contribution in [0.3, 0.4) is 0 Å². The molecule has 1 N–H and O–H groups in total. The van der Waals surface area contributed by atoms with Crippen LogP contribution in [0.1, 0.15) is 32.3 Å². The normalized spacial score (nSPS) is 25.7. The number of rotatable bonds is 5. The van der Waals surface area contributed by atoms with Crippen LogP contribution in [0.15, 0.2) is 30.3 Å². The number of hydrogen-bond acceptors (Lipinski definition) is 3. The first kappa shape index (κ1) is 18.4. The molecule has 2 atom stereocenters. The quantitative estimate of drug-likeness (QED) is 0.893. The van der Waals surface area contributed by atoms with Crippen LogP contribution >= 0.6 is 0 Å². The first-order valence-corrected chi connectivity index (χ1v) is 9.74. The third-order valence-electron chi connectivity index (χ3n) is 6.00. The minimum absolute atomic E-state index is 0.0922. The number of hydrogen-bond donors (Lipinski definition) is 1. The third kappa shape index (κ3) is 4.42. The van der Waals surface area contributed by atoms with Crippen molar-refractivity contribution in [3.05, 3.63) is 35.9 Å². The zero-order valence-electron chi connectivity index (χ0n) is 15.6. The Morgan fingerprint density at radius 1 is 1.16 bits per heavy atom. The predicted molar refractivity (Wildman–Crippen MR) is 99.9 cm³/mol. The molecule has 2 heterocycles. The molecule has 2 aliphatic heterocycles. The van der Waals surface area contributed by atoms with Gasteiger partial charge in [-0.3, -0.25) is 9.69 Å². The second-order valence-corrected chi connectivity index (χ2v) is 8.10. The molecule has 138 valence electrons. The van der Waals surface area contributed by atoms with Gasteiger partial charge in [-0.2, -0.15) is 0 Å². The summed E-state index contributed by atoms with van der Waals surface area (Å²) in [5, 5.41) is 9.87. The Balaban J connectivity index is 1.56. The summed E-state index contributed by atoms with van der Waals surface area (Å²) >= 11 is 0. The highest BCUT2D eigenvalue weighted by molar-refractivity contribution is 5.78. The van der Waals surface area contributed by atoms with E-state index in [1.807, 2.05) is 18.7 Å². The lowest BCUT2D eigenvalue weighted by Gasteiger charge is -2.37. The topological polar surface area (TPSA) is 43.8 Å². The first-order valence-electron chi connectivity index (χ1n) is 9.74. The Labute approximate surface area is 151 Å². The highest BCUT2D eigenvalue weighted by atomic mass is 16.3. The molecule has 2 unspecified atom stereocenters. The second kappa shape index (κ2) is 8.33. The van der Waals surface area contributed by atoms with Crippen LogP contribution < -0.4 is 0 Å². The zero-order chi connectivity index (χ0) is 17.8.